The summed E-state index contributed by atoms with van der Waals surface area (Å²) >= 11 is 0. The monoisotopic (exact) mass is 319 g/mol. The van der Waals surface area contributed by atoms with Crippen LogP contribution in [0.4, 0.5) is 0 Å². The lowest BCUT2D eigenvalue weighted by molar-refractivity contribution is -0.132. The molecule has 1 aromatic rings. The molecule has 0 unspecified atom stereocenters. The number of ether oxygens (including phenoxy) is 1. The van der Waals surface area contributed by atoms with Crippen molar-refractivity contribution in [1.29, 1.82) is 0 Å². The first-order valence-corrected chi connectivity index (χ1v) is 8.29. The molecule has 2 rings (SSSR count). The highest BCUT2D eigenvalue weighted by Gasteiger charge is 2.24. The Bertz CT molecular complexity index is 500. The van der Waals surface area contributed by atoms with Gasteiger partial charge in [-0.3, -0.25) is 9.69 Å². The van der Waals surface area contributed by atoms with Gasteiger partial charge < -0.3 is 15.4 Å². The van der Waals surface area contributed by atoms with Gasteiger partial charge in [-0.2, -0.15) is 0 Å². The highest BCUT2D eigenvalue weighted by Crippen LogP contribution is 2.14. The number of piperazine rings is 1. The number of nitrogens with two attached hydrogens (primary N) is 1. The molecule has 0 radical (unpaired) electrons. The van der Waals surface area contributed by atoms with Gasteiger partial charge in [0.1, 0.15) is 5.75 Å². The molecule has 1 heterocycles. The van der Waals surface area contributed by atoms with E-state index in [9.17, 15) is 4.79 Å². The van der Waals surface area contributed by atoms with Crippen molar-refractivity contribution in [3.63, 3.8) is 0 Å². The van der Waals surface area contributed by atoms with Crippen molar-refractivity contribution in [1.82, 2.24) is 9.80 Å². The lowest BCUT2D eigenvalue weighted by Gasteiger charge is -2.37. The van der Waals surface area contributed by atoms with Crippen LogP contribution in [0.2, 0.25) is 0 Å². The van der Waals surface area contributed by atoms with Crippen LogP contribution in [-0.4, -0.2) is 61.1 Å². The van der Waals surface area contributed by atoms with E-state index in [2.05, 4.69) is 4.90 Å². The van der Waals surface area contributed by atoms with Gasteiger partial charge in [-0.1, -0.05) is 12.1 Å². The van der Waals surface area contributed by atoms with Gasteiger partial charge in [0.05, 0.1) is 7.11 Å². The Hall–Kier alpha value is -1.59. The minimum absolute atomic E-state index is 0.180. The van der Waals surface area contributed by atoms with Gasteiger partial charge in [0.15, 0.2) is 0 Å². The van der Waals surface area contributed by atoms with Gasteiger partial charge in [-0.05, 0) is 38.0 Å². The third-order valence-corrected chi connectivity index (χ3v) is 4.14. The van der Waals surface area contributed by atoms with Crippen LogP contribution in [0, 0.1) is 0 Å². The molecule has 0 spiro atoms. The normalized spacial score (nSPS) is 16.4. The fourth-order valence-corrected chi connectivity index (χ4v) is 2.93. The number of methoxy groups -OCH3 is 1. The molecular formula is C18H29N3O2. The molecule has 1 amide bonds. The maximum Gasteiger partial charge on any atom is 0.222 e. The van der Waals surface area contributed by atoms with Gasteiger partial charge in [-0.25, -0.2) is 0 Å². The first-order valence-electron chi connectivity index (χ1n) is 8.29. The lowest BCUT2D eigenvalue weighted by Crippen LogP contribution is -2.54. The summed E-state index contributed by atoms with van der Waals surface area (Å²) in [6, 6.07) is 7.92. The Morgan fingerprint density at radius 3 is 2.30 bits per heavy atom. The Morgan fingerprint density at radius 2 is 1.78 bits per heavy atom. The Labute approximate surface area is 139 Å². The minimum atomic E-state index is -0.180. The van der Waals surface area contributed by atoms with Gasteiger partial charge >= 0.3 is 0 Å². The van der Waals surface area contributed by atoms with Crippen LogP contribution >= 0.6 is 0 Å². The number of benzene rings is 1. The molecule has 1 aromatic carbocycles. The molecule has 128 valence electrons. The second-order valence-corrected chi connectivity index (χ2v) is 6.99. The molecule has 23 heavy (non-hydrogen) atoms. The number of carbonyl (C=O) groups is 1. The predicted octanol–water partition coefficient (Wildman–Crippen LogP) is 1.51. The molecule has 0 atom stereocenters. The lowest BCUT2D eigenvalue weighted by atomic mass is 10.1. The molecule has 1 aliphatic heterocycles. The summed E-state index contributed by atoms with van der Waals surface area (Å²) in [7, 11) is 1.66. The van der Waals surface area contributed by atoms with Crippen LogP contribution < -0.4 is 10.5 Å². The zero-order chi connectivity index (χ0) is 16.9. The molecule has 0 bridgehead atoms. The number of aryl methyl sites for hydroxylation is 1. The van der Waals surface area contributed by atoms with E-state index in [4.69, 9.17) is 10.5 Å². The van der Waals surface area contributed by atoms with Crippen LogP contribution in [0.3, 0.4) is 0 Å². The summed E-state index contributed by atoms with van der Waals surface area (Å²) in [5.74, 6) is 1.09. The van der Waals surface area contributed by atoms with E-state index in [0.29, 0.717) is 6.42 Å². The SMILES string of the molecule is COc1ccc(CCC(=O)N2CCN(CC(C)(C)N)CC2)cc1. The highest BCUT2D eigenvalue weighted by atomic mass is 16.5. The molecule has 0 aromatic heterocycles. The zero-order valence-corrected chi connectivity index (χ0v) is 14.5. The summed E-state index contributed by atoms with van der Waals surface area (Å²) in [5, 5.41) is 0. The molecule has 5 nitrogen and oxygen atoms in total. The largest absolute Gasteiger partial charge is 0.497 e. The van der Waals surface area contributed by atoms with Crippen molar-refractivity contribution in [2.75, 3.05) is 39.8 Å². The predicted molar refractivity (Wildman–Crippen MR) is 92.6 cm³/mol. The molecule has 0 aliphatic carbocycles. The van der Waals surface area contributed by atoms with Crippen LogP contribution in [0.15, 0.2) is 24.3 Å². The molecular weight excluding hydrogens is 290 g/mol. The van der Waals surface area contributed by atoms with Gasteiger partial charge in [0, 0.05) is 44.7 Å². The molecule has 0 saturated carbocycles. The molecule has 5 heteroatoms. The zero-order valence-electron chi connectivity index (χ0n) is 14.5. The number of rotatable bonds is 6. The third kappa shape index (κ3) is 5.84. The maximum atomic E-state index is 12.3. The number of hydrogen-bond donors (Lipinski definition) is 1. The second-order valence-electron chi connectivity index (χ2n) is 6.99. The van der Waals surface area contributed by atoms with E-state index < -0.39 is 0 Å². The average molecular weight is 319 g/mol. The summed E-state index contributed by atoms with van der Waals surface area (Å²) in [6.07, 6.45) is 1.34. The summed E-state index contributed by atoms with van der Waals surface area (Å²) in [5.41, 5.74) is 7.05. The summed E-state index contributed by atoms with van der Waals surface area (Å²) in [6.45, 7) is 8.39. The van der Waals surface area contributed by atoms with Crippen molar-refractivity contribution in [3.8, 4) is 5.75 Å². The number of amides is 1. The van der Waals surface area contributed by atoms with Crippen molar-refractivity contribution in [2.45, 2.75) is 32.2 Å². The average Bonchev–Trinajstić information content (AvgIpc) is 2.52. The van der Waals surface area contributed by atoms with E-state index in [1.165, 1.54) is 5.56 Å². The first-order chi connectivity index (χ1) is 10.9. The van der Waals surface area contributed by atoms with Crippen LogP contribution in [0.5, 0.6) is 5.75 Å². The van der Waals surface area contributed by atoms with Crippen molar-refractivity contribution in [2.24, 2.45) is 5.73 Å². The standard InChI is InChI=1S/C18H29N3O2/c1-18(2,19)14-20-10-12-21(13-11-20)17(22)9-6-15-4-7-16(23-3)8-5-15/h4-5,7-8H,6,9-14,19H2,1-3H3. The summed E-state index contributed by atoms with van der Waals surface area (Å²) < 4.78 is 5.15. The van der Waals surface area contributed by atoms with Crippen LogP contribution in [-0.2, 0) is 11.2 Å². The minimum Gasteiger partial charge on any atom is -0.497 e. The fourth-order valence-electron chi connectivity index (χ4n) is 2.93. The van der Waals surface area contributed by atoms with Gasteiger partial charge in [0.25, 0.3) is 0 Å². The van der Waals surface area contributed by atoms with E-state index in [-0.39, 0.29) is 11.4 Å². The Balaban J connectivity index is 1.74. The third-order valence-electron chi connectivity index (χ3n) is 4.14. The number of nitrogens with zero attached hydrogens (tertiary/aromatic N) is 2. The summed E-state index contributed by atoms with van der Waals surface area (Å²) in [4.78, 5) is 16.7. The van der Waals surface area contributed by atoms with Crippen LogP contribution in [0.1, 0.15) is 25.8 Å². The first kappa shape index (κ1) is 17.8. The fraction of sp³-hybridized carbons (Fsp3) is 0.611. The van der Waals surface area contributed by atoms with Crippen molar-refractivity contribution < 1.29 is 9.53 Å². The maximum absolute atomic E-state index is 12.3. The number of carbonyl (C=O) groups excluding carboxylic acids is 1. The smallest absolute Gasteiger partial charge is 0.222 e. The van der Waals surface area contributed by atoms with Crippen LogP contribution in [0.25, 0.3) is 0 Å². The van der Waals surface area contributed by atoms with Crippen molar-refractivity contribution >= 4 is 5.91 Å². The molecule has 1 saturated heterocycles. The highest BCUT2D eigenvalue weighted by molar-refractivity contribution is 5.76. The quantitative estimate of drug-likeness (QED) is 0.863. The van der Waals surface area contributed by atoms with Gasteiger partial charge in [-0.15, -0.1) is 0 Å². The Kier molecular flexibility index (Phi) is 6.02. The van der Waals surface area contributed by atoms with E-state index in [1.807, 2.05) is 43.0 Å². The van der Waals surface area contributed by atoms with E-state index in [0.717, 1.165) is 44.9 Å². The Morgan fingerprint density at radius 1 is 1.17 bits per heavy atom. The van der Waals surface area contributed by atoms with E-state index in [1.54, 1.807) is 7.11 Å². The van der Waals surface area contributed by atoms with Crippen molar-refractivity contribution in [3.05, 3.63) is 29.8 Å². The molecule has 1 fully saturated rings. The number of hydrogen-bond acceptors (Lipinski definition) is 4. The van der Waals surface area contributed by atoms with E-state index >= 15 is 0 Å². The molecule has 1 aliphatic rings. The van der Waals surface area contributed by atoms with Gasteiger partial charge in [0.2, 0.25) is 5.91 Å². The topological polar surface area (TPSA) is 58.8 Å². The second kappa shape index (κ2) is 7.79. The molecule has 2 N–H and O–H groups in total.